The number of nitrogens with zero attached hydrogens (tertiary/aromatic N) is 5. The Morgan fingerprint density at radius 2 is 1.94 bits per heavy atom. The van der Waals surface area contributed by atoms with Gasteiger partial charge >= 0.3 is 0 Å². The van der Waals surface area contributed by atoms with E-state index in [0.29, 0.717) is 13.1 Å². The maximum absolute atomic E-state index is 5.34. The number of guanidine groups is 1. The van der Waals surface area contributed by atoms with Crippen LogP contribution in [0.1, 0.15) is 42.5 Å². The second-order valence-corrected chi connectivity index (χ2v) is 7.82. The third kappa shape index (κ3) is 6.30. The summed E-state index contributed by atoms with van der Waals surface area (Å²) in [5, 5.41) is 15.2. The zero-order valence-corrected chi connectivity index (χ0v) is 19.0. The second kappa shape index (κ2) is 11.5. The van der Waals surface area contributed by atoms with Gasteiger partial charge < -0.3 is 19.9 Å². The van der Waals surface area contributed by atoms with Crippen molar-refractivity contribution in [1.29, 1.82) is 0 Å². The molecule has 3 rings (SSSR count). The first kappa shape index (κ1) is 22.8. The summed E-state index contributed by atoms with van der Waals surface area (Å²) >= 11 is 0. The number of likely N-dealkylation sites (tertiary alicyclic amines) is 1. The quantitative estimate of drug-likeness (QED) is 0.365. The number of hydrogen-bond acceptors (Lipinski definition) is 5. The average Bonchev–Trinajstić information content (AvgIpc) is 3.13. The van der Waals surface area contributed by atoms with Crippen molar-refractivity contribution in [2.45, 2.75) is 38.8 Å². The van der Waals surface area contributed by atoms with Crippen LogP contribution in [0.25, 0.3) is 0 Å². The lowest BCUT2D eigenvalue weighted by molar-refractivity contribution is 0.164. The number of methoxy groups -OCH3 is 1. The van der Waals surface area contributed by atoms with Crippen LogP contribution in [-0.4, -0.2) is 58.9 Å². The predicted octanol–water partition coefficient (Wildman–Crippen LogP) is 2.58. The third-order valence-corrected chi connectivity index (χ3v) is 5.77. The van der Waals surface area contributed by atoms with Crippen LogP contribution >= 0.6 is 0 Å². The van der Waals surface area contributed by atoms with Gasteiger partial charge in [-0.2, -0.15) is 0 Å². The van der Waals surface area contributed by atoms with Crippen LogP contribution in [0.4, 0.5) is 0 Å². The number of hydrogen-bond donors (Lipinski definition) is 2. The van der Waals surface area contributed by atoms with Crippen molar-refractivity contribution in [1.82, 2.24) is 30.3 Å². The van der Waals surface area contributed by atoms with E-state index in [1.165, 1.54) is 24.8 Å². The molecule has 168 valence electrons. The van der Waals surface area contributed by atoms with E-state index < -0.39 is 0 Å². The molecule has 8 heteroatoms. The molecule has 8 nitrogen and oxygen atoms in total. The van der Waals surface area contributed by atoms with Crippen molar-refractivity contribution in [3.63, 3.8) is 0 Å². The molecule has 1 unspecified atom stereocenters. The van der Waals surface area contributed by atoms with Gasteiger partial charge in [-0.05, 0) is 50.6 Å². The van der Waals surface area contributed by atoms with Crippen molar-refractivity contribution >= 4 is 5.96 Å². The molecule has 0 spiro atoms. The summed E-state index contributed by atoms with van der Waals surface area (Å²) in [7, 11) is 3.66. The van der Waals surface area contributed by atoms with Crippen molar-refractivity contribution in [2.24, 2.45) is 12.0 Å². The molecule has 2 aromatic rings. The molecule has 0 aliphatic carbocycles. The Hall–Kier alpha value is -2.87. The highest BCUT2D eigenvalue weighted by atomic mass is 16.5. The third-order valence-electron chi connectivity index (χ3n) is 5.77. The molecule has 0 radical (unpaired) electrons. The minimum absolute atomic E-state index is 0.263. The molecule has 1 aliphatic rings. The molecule has 1 aliphatic heterocycles. The Labute approximate surface area is 185 Å². The summed E-state index contributed by atoms with van der Waals surface area (Å²) in [5.41, 5.74) is 1.28. The van der Waals surface area contributed by atoms with Gasteiger partial charge in [0.2, 0.25) is 0 Å². The van der Waals surface area contributed by atoms with E-state index in [4.69, 9.17) is 9.73 Å². The Morgan fingerprint density at radius 3 is 2.55 bits per heavy atom. The molecule has 31 heavy (non-hydrogen) atoms. The number of aliphatic imine (C=N–C) groups is 1. The normalized spacial score (nSPS) is 16.0. The van der Waals surface area contributed by atoms with E-state index in [0.717, 1.165) is 43.0 Å². The molecular weight excluding hydrogens is 390 g/mol. The fourth-order valence-electron chi connectivity index (χ4n) is 3.79. The lowest BCUT2D eigenvalue weighted by Crippen LogP contribution is -2.44. The molecule has 0 amide bonds. The van der Waals surface area contributed by atoms with E-state index in [2.05, 4.69) is 44.4 Å². The van der Waals surface area contributed by atoms with Gasteiger partial charge in [0.25, 0.3) is 0 Å². The number of piperidine rings is 1. The summed E-state index contributed by atoms with van der Waals surface area (Å²) in [4.78, 5) is 7.29. The topological polar surface area (TPSA) is 79.6 Å². The molecule has 1 aromatic carbocycles. The smallest absolute Gasteiger partial charge is 0.192 e. The maximum Gasteiger partial charge on any atom is 0.192 e. The van der Waals surface area contributed by atoms with Gasteiger partial charge in [-0.1, -0.05) is 24.6 Å². The van der Waals surface area contributed by atoms with Crippen LogP contribution in [0.2, 0.25) is 0 Å². The molecule has 0 saturated carbocycles. The molecule has 1 aromatic heterocycles. The number of benzene rings is 1. The highest BCUT2D eigenvalue weighted by molar-refractivity contribution is 5.79. The lowest BCUT2D eigenvalue weighted by atomic mass is 10.0. The average molecular weight is 426 g/mol. The van der Waals surface area contributed by atoms with E-state index in [-0.39, 0.29) is 6.04 Å². The standard InChI is InChI=1S/C23H35N7O/c1-5-13-24-23(26-17-22-28-27-18(2)29(22)3)25-16-21(30-14-7-6-8-15-30)19-9-11-20(31-4)12-10-19/h5,9-12,21H,1,6-8,13-17H2,2-4H3,(H2,24,25,26). The van der Waals surface area contributed by atoms with E-state index in [9.17, 15) is 0 Å². The second-order valence-electron chi connectivity index (χ2n) is 7.82. The van der Waals surface area contributed by atoms with Crippen LogP contribution in [-0.2, 0) is 13.6 Å². The molecule has 1 saturated heterocycles. The fourth-order valence-corrected chi connectivity index (χ4v) is 3.79. The first-order valence-electron chi connectivity index (χ1n) is 11.0. The van der Waals surface area contributed by atoms with Crippen LogP contribution in [0.5, 0.6) is 5.75 Å². The van der Waals surface area contributed by atoms with Gasteiger partial charge in [-0.15, -0.1) is 16.8 Å². The molecule has 1 atom stereocenters. The largest absolute Gasteiger partial charge is 0.497 e. The molecule has 2 heterocycles. The van der Waals surface area contributed by atoms with Crippen LogP contribution < -0.4 is 15.4 Å². The lowest BCUT2D eigenvalue weighted by Gasteiger charge is -2.35. The Bertz CT molecular complexity index is 853. The number of aryl methyl sites for hydroxylation is 1. The summed E-state index contributed by atoms with van der Waals surface area (Å²) in [6, 6.07) is 8.66. The maximum atomic E-state index is 5.34. The summed E-state index contributed by atoms with van der Waals surface area (Å²) < 4.78 is 7.30. The van der Waals surface area contributed by atoms with E-state index >= 15 is 0 Å². The van der Waals surface area contributed by atoms with Crippen molar-refractivity contribution < 1.29 is 4.74 Å². The van der Waals surface area contributed by atoms with Crippen molar-refractivity contribution in [3.8, 4) is 5.75 Å². The summed E-state index contributed by atoms with van der Waals surface area (Å²) in [5.74, 6) is 3.34. The Balaban J connectivity index is 1.73. The van der Waals surface area contributed by atoms with Crippen molar-refractivity contribution in [3.05, 3.63) is 54.1 Å². The number of aromatic nitrogens is 3. The van der Waals surface area contributed by atoms with E-state index in [1.807, 2.05) is 36.7 Å². The van der Waals surface area contributed by atoms with Crippen LogP contribution in [0.15, 0.2) is 41.9 Å². The van der Waals surface area contributed by atoms with E-state index in [1.54, 1.807) is 7.11 Å². The molecule has 1 fully saturated rings. The summed E-state index contributed by atoms with van der Waals surface area (Å²) in [6.45, 7) is 9.83. The van der Waals surface area contributed by atoms with Gasteiger partial charge in [-0.25, -0.2) is 4.99 Å². The fraction of sp³-hybridized carbons (Fsp3) is 0.522. The minimum Gasteiger partial charge on any atom is -0.497 e. The van der Waals surface area contributed by atoms with Gasteiger partial charge in [0.15, 0.2) is 11.8 Å². The minimum atomic E-state index is 0.263. The van der Waals surface area contributed by atoms with Gasteiger partial charge in [-0.3, -0.25) is 4.90 Å². The van der Waals surface area contributed by atoms with Crippen LogP contribution in [0.3, 0.4) is 0 Å². The van der Waals surface area contributed by atoms with Crippen molar-refractivity contribution in [2.75, 3.05) is 33.3 Å². The first-order valence-corrected chi connectivity index (χ1v) is 11.0. The highest BCUT2D eigenvalue weighted by Gasteiger charge is 2.22. The van der Waals surface area contributed by atoms with Crippen LogP contribution in [0, 0.1) is 6.92 Å². The Kier molecular flexibility index (Phi) is 8.46. The SMILES string of the molecule is C=CCNC(=NCc1nnc(C)n1C)NCC(c1ccc(OC)cc1)N1CCCCC1. The van der Waals surface area contributed by atoms with Gasteiger partial charge in [0, 0.05) is 20.1 Å². The molecule has 0 bridgehead atoms. The first-order chi connectivity index (χ1) is 15.1. The number of ether oxygens (including phenoxy) is 1. The van der Waals surface area contributed by atoms with Gasteiger partial charge in [0.1, 0.15) is 18.1 Å². The highest BCUT2D eigenvalue weighted by Crippen LogP contribution is 2.25. The number of rotatable bonds is 9. The monoisotopic (exact) mass is 425 g/mol. The molecule has 2 N–H and O–H groups in total. The number of nitrogens with one attached hydrogen (secondary N) is 2. The zero-order valence-electron chi connectivity index (χ0n) is 19.0. The zero-order chi connectivity index (χ0) is 22.1. The predicted molar refractivity (Wildman–Crippen MR) is 124 cm³/mol. The summed E-state index contributed by atoms with van der Waals surface area (Å²) in [6.07, 6.45) is 5.63. The molecular formula is C23H35N7O. The Morgan fingerprint density at radius 1 is 1.19 bits per heavy atom. The van der Waals surface area contributed by atoms with Gasteiger partial charge in [0.05, 0.1) is 13.2 Å².